The lowest BCUT2D eigenvalue weighted by molar-refractivity contribution is 0.285. The van der Waals surface area contributed by atoms with Gasteiger partial charge in [-0.05, 0) is 32.5 Å². The lowest BCUT2D eigenvalue weighted by Gasteiger charge is -2.18. The van der Waals surface area contributed by atoms with E-state index in [0.29, 0.717) is 12.3 Å². The van der Waals surface area contributed by atoms with Crippen LogP contribution in [-0.2, 0) is 22.9 Å². The van der Waals surface area contributed by atoms with Crippen molar-refractivity contribution in [3.63, 3.8) is 0 Å². The molecule has 0 unspecified atom stereocenters. The molecule has 2 rings (SSSR count). The van der Waals surface area contributed by atoms with Crippen molar-refractivity contribution in [1.29, 1.82) is 0 Å². The highest BCUT2D eigenvalue weighted by atomic mass is 32.2. The first-order valence-electron chi connectivity index (χ1n) is 7.22. The molecule has 1 aliphatic heterocycles. The maximum absolute atomic E-state index is 11.6. The molecule has 0 saturated carbocycles. The molecule has 0 atom stereocenters. The van der Waals surface area contributed by atoms with Gasteiger partial charge in [-0.2, -0.15) is 0 Å². The van der Waals surface area contributed by atoms with E-state index in [2.05, 4.69) is 23.2 Å². The molecule has 1 N–H and O–H groups in total. The predicted molar refractivity (Wildman–Crippen MR) is 79.4 cm³/mol. The Bertz CT molecular complexity index is 537. The number of hydrogen-bond acceptors (Lipinski definition) is 5. The predicted octanol–water partition coefficient (Wildman–Crippen LogP) is 1.32. The van der Waals surface area contributed by atoms with Crippen molar-refractivity contribution in [3.05, 3.63) is 23.2 Å². The summed E-state index contributed by atoms with van der Waals surface area (Å²) in [5.74, 6) is 2.47. The Kier molecular flexibility index (Phi) is 5.23. The fourth-order valence-corrected chi connectivity index (χ4v) is 3.78. The van der Waals surface area contributed by atoms with Gasteiger partial charge >= 0.3 is 0 Å². The summed E-state index contributed by atoms with van der Waals surface area (Å²) in [4.78, 5) is 2.21. The van der Waals surface area contributed by atoms with Gasteiger partial charge < -0.3 is 9.73 Å². The van der Waals surface area contributed by atoms with Crippen molar-refractivity contribution in [3.8, 4) is 0 Å². The van der Waals surface area contributed by atoms with Crippen LogP contribution in [0.25, 0.3) is 0 Å². The van der Waals surface area contributed by atoms with E-state index in [0.717, 1.165) is 49.7 Å². The van der Waals surface area contributed by atoms with Crippen molar-refractivity contribution in [1.82, 2.24) is 10.2 Å². The minimum absolute atomic E-state index is 0.272. The lowest BCUT2D eigenvalue weighted by Crippen LogP contribution is -2.26. The van der Waals surface area contributed by atoms with Gasteiger partial charge in [0.15, 0.2) is 9.84 Å². The highest BCUT2D eigenvalue weighted by Gasteiger charge is 2.20. The first kappa shape index (κ1) is 15.5. The Balaban J connectivity index is 1.97. The summed E-state index contributed by atoms with van der Waals surface area (Å²) in [6, 6.07) is 2.08. The van der Waals surface area contributed by atoms with E-state index in [1.165, 1.54) is 0 Å². The molecule has 0 spiro atoms. The van der Waals surface area contributed by atoms with Crippen molar-refractivity contribution in [2.75, 3.05) is 31.1 Å². The second kappa shape index (κ2) is 6.74. The molecule has 0 amide bonds. The molecule has 1 saturated heterocycles. The quantitative estimate of drug-likeness (QED) is 0.888. The molecule has 1 fully saturated rings. The molecule has 2 heterocycles. The van der Waals surface area contributed by atoms with Gasteiger partial charge in [-0.15, -0.1) is 0 Å². The molecule has 0 aliphatic carbocycles. The van der Waals surface area contributed by atoms with Crippen LogP contribution in [0.15, 0.2) is 10.5 Å². The fourth-order valence-electron chi connectivity index (χ4n) is 2.47. The van der Waals surface area contributed by atoms with Crippen molar-refractivity contribution in [2.45, 2.75) is 33.4 Å². The Hall–Kier alpha value is -0.850. The third-order valence-corrected chi connectivity index (χ3v) is 5.38. The zero-order valence-electron chi connectivity index (χ0n) is 12.3. The van der Waals surface area contributed by atoms with E-state index < -0.39 is 9.84 Å². The number of sulfone groups is 1. The Morgan fingerprint density at radius 3 is 2.90 bits per heavy atom. The maximum Gasteiger partial charge on any atom is 0.151 e. The van der Waals surface area contributed by atoms with Gasteiger partial charge in [0.1, 0.15) is 11.5 Å². The van der Waals surface area contributed by atoms with E-state index in [-0.39, 0.29) is 5.75 Å². The summed E-state index contributed by atoms with van der Waals surface area (Å²) in [6.07, 6.45) is 0.726. The molecule has 1 aromatic heterocycles. The summed E-state index contributed by atoms with van der Waals surface area (Å²) in [6.45, 7) is 7.93. The van der Waals surface area contributed by atoms with Crippen LogP contribution in [0.3, 0.4) is 0 Å². The zero-order chi connectivity index (χ0) is 14.6. The summed E-state index contributed by atoms with van der Waals surface area (Å²) in [7, 11) is -2.84. The van der Waals surface area contributed by atoms with Crippen LogP contribution in [0.5, 0.6) is 0 Å². The van der Waals surface area contributed by atoms with Gasteiger partial charge in [0, 0.05) is 18.7 Å². The molecular formula is C14H24N2O3S. The van der Waals surface area contributed by atoms with Crippen LogP contribution in [0, 0.1) is 6.92 Å². The van der Waals surface area contributed by atoms with Crippen molar-refractivity contribution in [2.24, 2.45) is 0 Å². The summed E-state index contributed by atoms with van der Waals surface area (Å²) >= 11 is 0. The van der Waals surface area contributed by atoms with Gasteiger partial charge in [0.2, 0.25) is 0 Å². The van der Waals surface area contributed by atoms with Gasteiger partial charge in [-0.3, -0.25) is 4.90 Å². The zero-order valence-corrected chi connectivity index (χ0v) is 13.1. The maximum atomic E-state index is 11.6. The van der Waals surface area contributed by atoms with Gasteiger partial charge in [-0.1, -0.05) is 6.92 Å². The standard InChI is InChI=1S/C14H24N2O3S/c1-3-15-10-14-9-13(12(2)19-14)11-16-5-4-7-20(17,18)8-6-16/h9,15H,3-8,10-11H2,1-2H3. The van der Waals surface area contributed by atoms with E-state index in [1.54, 1.807) is 0 Å². The smallest absolute Gasteiger partial charge is 0.151 e. The van der Waals surface area contributed by atoms with Crippen molar-refractivity contribution >= 4 is 9.84 Å². The molecule has 1 aliphatic rings. The van der Waals surface area contributed by atoms with Gasteiger partial charge in [-0.25, -0.2) is 8.42 Å². The van der Waals surface area contributed by atoms with Gasteiger partial charge in [0.25, 0.3) is 0 Å². The second-order valence-electron chi connectivity index (χ2n) is 5.36. The normalized spacial score (nSPS) is 19.9. The summed E-state index contributed by atoms with van der Waals surface area (Å²) in [5.41, 5.74) is 1.16. The van der Waals surface area contributed by atoms with Crippen LogP contribution >= 0.6 is 0 Å². The lowest BCUT2D eigenvalue weighted by atomic mass is 10.2. The van der Waals surface area contributed by atoms with E-state index in [4.69, 9.17) is 4.42 Å². The van der Waals surface area contributed by atoms with E-state index in [1.807, 2.05) is 6.92 Å². The third-order valence-electron chi connectivity index (χ3n) is 3.66. The van der Waals surface area contributed by atoms with E-state index in [9.17, 15) is 8.42 Å². The Labute approximate surface area is 121 Å². The topological polar surface area (TPSA) is 62.6 Å². The number of nitrogens with zero attached hydrogens (tertiary/aromatic N) is 1. The van der Waals surface area contributed by atoms with E-state index >= 15 is 0 Å². The third kappa shape index (κ3) is 4.33. The molecule has 5 nitrogen and oxygen atoms in total. The van der Waals surface area contributed by atoms with Crippen LogP contribution in [0.1, 0.15) is 30.4 Å². The van der Waals surface area contributed by atoms with Crippen LogP contribution in [0.4, 0.5) is 0 Å². The first-order chi connectivity index (χ1) is 9.50. The molecule has 1 aromatic rings. The molecule has 114 valence electrons. The largest absolute Gasteiger partial charge is 0.465 e. The van der Waals surface area contributed by atoms with Crippen LogP contribution in [0.2, 0.25) is 0 Å². The minimum atomic E-state index is -2.84. The number of furan rings is 1. The highest BCUT2D eigenvalue weighted by Crippen LogP contribution is 2.18. The Morgan fingerprint density at radius 1 is 1.35 bits per heavy atom. The first-order valence-corrected chi connectivity index (χ1v) is 9.04. The molecule has 0 bridgehead atoms. The van der Waals surface area contributed by atoms with Crippen LogP contribution in [-0.4, -0.2) is 44.5 Å². The fraction of sp³-hybridized carbons (Fsp3) is 0.714. The minimum Gasteiger partial charge on any atom is -0.465 e. The number of aryl methyl sites for hydroxylation is 1. The summed E-state index contributed by atoms with van der Waals surface area (Å²) < 4.78 is 28.9. The monoisotopic (exact) mass is 300 g/mol. The molecule has 20 heavy (non-hydrogen) atoms. The van der Waals surface area contributed by atoms with Crippen LogP contribution < -0.4 is 5.32 Å². The average Bonchev–Trinajstić information content (AvgIpc) is 2.63. The molecule has 0 aromatic carbocycles. The number of rotatable bonds is 5. The average molecular weight is 300 g/mol. The second-order valence-corrected chi connectivity index (χ2v) is 7.66. The van der Waals surface area contributed by atoms with Gasteiger partial charge in [0.05, 0.1) is 18.1 Å². The highest BCUT2D eigenvalue weighted by molar-refractivity contribution is 7.91. The summed E-state index contributed by atoms with van der Waals surface area (Å²) in [5, 5.41) is 3.24. The number of nitrogens with one attached hydrogen (secondary N) is 1. The molecule has 0 radical (unpaired) electrons. The molecular weight excluding hydrogens is 276 g/mol. The number of hydrogen-bond donors (Lipinski definition) is 1. The SMILES string of the molecule is CCNCc1cc(CN2CCCS(=O)(=O)CC2)c(C)o1. The Morgan fingerprint density at radius 2 is 2.15 bits per heavy atom. The van der Waals surface area contributed by atoms with Crippen molar-refractivity contribution < 1.29 is 12.8 Å². The molecule has 6 heteroatoms.